The molecule has 1 aliphatic rings. The first kappa shape index (κ1) is 15.1. The van der Waals surface area contributed by atoms with Crippen molar-refractivity contribution in [2.45, 2.75) is 43.9 Å². The van der Waals surface area contributed by atoms with Crippen LogP contribution in [0.1, 0.15) is 49.5 Å². The van der Waals surface area contributed by atoms with E-state index >= 15 is 0 Å². The van der Waals surface area contributed by atoms with Gasteiger partial charge in [0.2, 0.25) is 0 Å². The summed E-state index contributed by atoms with van der Waals surface area (Å²) in [4.78, 5) is 0. The van der Waals surface area contributed by atoms with Gasteiger partial charge in [-0.05, 0) is 34.3 Å². The van der Waals surface area contributed by atoms with E-state index in [4.69, 9.17) is 16.3 Å². The lowest BCUT2D eigenvalue weighted by molar-refractivity contribution is 0.333. The van der Waals surface area contributed by atoms with Crippen LogP contribution in [0.15, 0.2) is 16.6 Å². The Labute approximate surface area is 127 Å². The van der Waals surface area contributed by atoms with Crippen LogP contribution >= 0.6 is 27.5 Å². The van der Waals surface area contributed by atoms with Crippen LogP contribution in [-0.4, -0.2) is 7.11 Å². The average Bonchev–Trinajstić information content (AvgIpc) is 2.42. The standard InChI is InChI=1S/C15H19BrClFO/c1-19-15-9-14(18)12(16)8-11(15)13(17)7-10-5-3-2-4-6-10/h8-10,13H,2-7H2,1H3. The van der Waals surface area contributed by atoms with Gasteiger partial charge in [0.25, 0.3) is 0 Å². The summed E-state index contributed by atoms with van der Waals surface area (Å²) in [5.41, 5.74) is 0.878. The van der Waals surface area contributed by atoms with Crippen LogP contribution in [-0.2, 0) is 0 Å². The Hall–Kier alpha value is -0.280. The van der Waals surface area contributed by atoms with Crippen molar-refractivity contribution in [1.82, 2.24) is 0 Å². The molecule has 0 aromatic heterocycles. The van der Waals surface area contributed by atoms with Gasteiger partial charge in [0.05, 0.1) is 17.0 Å². The molecule has 4 heteroatoms. The van der Waals surface area contributed by atoms with Gasteiger partial charge in [-0.15, -0.1) is 11.6 Å². The molecule has 1 aromatic rings. The van der Waals surface area contributed by atoms with Gasteiger partial charge in [-0.3, -0.25) is 0 Å². The van der Waals surface area contributed by atoms with Crippen molar-refractivity contribution in [1.29, 1.82) is 0 Å². The minimum absolute atomic E-state index is 0.116. The molecule has 2 rings (SSSR count). The van der Waals surface area contributed by atoms with Crippen molar-refractivity contribution in [2.24, 2.45) is 5.92 Å². The third-order valence-corrected chi connectivity index (χ3v) is 4.90. The van der Waals surface area contributed by atoms with Gasteiger partial charge in [-0.2, -0.15) is 0 Å². The third-order valence-electron chi connectivity index (χ3n) is 3.88. The van der Waals surface area contributed by atoms with Crippen molar-refractivity contribution in [3.8, 4) is 5.75 Å². The number of benzene rings is 1. The Bertz CT molecular complexity index is 432. The Balaban J connectivity index is 2.13. The van der Waals surface area contributed by atoms with E-state index in [9.17, 15) is 4.39 Å². The molecular weight excluding hydrogens is 331 g/mol. The predicted octanol–water partition coefficient (Wildman–Crippen LogP) is 5.85. The van der Waals surface area contributed by atoms with Crippen LogP contribution in [0.5, 0.6) is 5.75 Å². The van der Waals surface area contributed by atoms with E-state index in [1.165, 1.54) is 38.2 Å². The van der Waals surface area contributed by atoms with Crippen molar-refractivity contribution in [3.63, 3.8) is 0 Å². The fourth-order valence-corrected chi connectivity index (χ4v) is 3.59. The topological polar surface area (TPSA) is 9.23 Å². The number of hydrogen-bond acceptors (Lipinski definition) is 1. The molecule has 0 N–H and O–H groups in total. The van der Waals surface area contributed by atoms with Gasteiger partial charge < -0.3 is 4.74 Å². The normalized spacial score (nSPS) is 18.3. The summed E-state index contributed by atoms with van der Waals surface area (Å²) in [6, 6.07) is 3.14. The summed E-state index contributed by atoms with van der Waals surface area (Å²) in [5.74, 6) is 0.906. The molecule has 0 saturated heterocycles. The maximum Gasteiger partial charge on any atom is 0.141 e. The summed E-state index contributed by atoms with van der Waals surface area (Å²) in [6.45, 7) is 0. The second-order valence-electron chi connectivity index (χ2n) is 5.22. The molecule has 0 radical (unpaired) electrons. The molecule has 0 aliphatic heterocycles. The van der Waals surface area contributed by atoms with Gasteiger partial charge in [-0.25, -0.2) is 4.39 Å². The monoisotopic (exact) mass is 348 g/mol. The molecular formula is C15H19BrClFO. The SMILES string of the molecule is COc1cc(F)c(Br)cc1C(Cl)CC1CCCCC1. The Morgan fingerprint density at radius 2 is 2.05 bits per heavy atom. The molecule has 19 heavy (non-hydrogen) atoms. The number of halogens is 3. The van der Waals surface area contributed by atoms with Gasteiger partial charge in [0.15, 0.2) is 0 Å². The lowest BCUT2D eigenvalue weighted by atomic mass is 9.85. The summed E-state index contributed by atoms with van der Waals surface area (Å²) < 4.78 is 19.2. The summed E-state index contributed by atoms with van der Waals surface area (Å²) in [7, 11) is 1.55. The maximum absolute atomic E-state index is 13.5. The molecule has 1 aliphatic carbocycles. The van der Waals surface area contributed by atoms with Crippen LogP contribution in [0.2, 0.25) is 0 Å². The Morgan fingerprint density at radius 1 is 1.37 bits per heavy atom. The van der Waals surface area contributed by atoms with Crippen molar-refractivity contribution in [3.05, 3.63) is 28.0 Å². The largest absolute Gasteiger partial charge is 0.496 e. The third kappa shape index (κ3) is 3.85. The minimum atomic E-state index is -0.317. The smallest absolute Gasteiger partial charge is 0.141 e. The molecule has 1 aromatic carbocycles. The van der Waals surface area contributed by atoms with E-state index in [1.54, 1.807) is 13.2 Å². The first-order valence-electron chi connectivity index (χ1n) is 6.78. The number of rotatable bonds is 4. The van der Waals surface area contributed by atoms with Gasteiger partial charge in [0.1, 0.15) is 11.6 Å². The first-order chi connectivity index (χ1) is 9.11. The zero-order valence-corrected chi connectivity index (χ0v) is 13.4. The maximum atomic E-state index is 13.5. The molecule has 106 valence electrons. The lowest BCUT2D eigenvalue weighted by Gasteiger charge is -2.24. The number of hydrogen-bond donors (Lipinski definition) is 0. The van der Waals surface area contributed by atoms with E-state index in [0.717, 1.165) is 12.0 Å². The van der Waals surface area contributed by atoms with Crippen molar-refractivity contribution < 1.29 is 9.13 Å². The molecule has 1 nitrogen and oxygen atoms in total. The molecule has 1 fully saturated rings. The van der Waals surface area contributed by atoms with E-state index in [-0.39, 0.29) is 11.2 Å². The zero-order valence-electron chi connectivity index (χ0n) is 11.1. The second kappa shape index (κ2) is 6.94. The van der Waals surface area contributed by atoms with E-state index < -0.39 is 0 Å². The molecule has 0 amide bonds. The number of ether oxygens (including phenoxy) is 1. The highest BCUT2D eigenvalue weighted by Gasteiger charge is 2.22. The molecule has 0 bridgehead atoms. The van der Waals surface area contributed by atoms with E-state index in [2.05, 4.69) is 15.9 Å². The molecule has 1 unspecified atom stereocenters. The van der Waals surface area contributed by atoms with Gasteiger partial charge >= 0.3 is 0 Å². The lowest BCUT2D eigenvalue weighted by Crippen LogP contribution is -2.09. The van der Waals surface area contributed by atoms with Crippen LogP contribution in [0, 0.1) is 11.7 Å². The summed E-state index contributed by atoms with van der Waals surface area (Å²) >= 11 is 9.74. The van der Waals surface area contributed by atoms with Gasteiger partial charge in [0, 0.05) is 11.6 Å². The highest BCUT2D eigenvalue weighted by molar-refractivity contribution is 9.10. The molecule has 1 saturated carbocycles. The van der Waals surface area contributed by atoms with Crippen LogP contribution in [0.25, 0.3) is 0 Å². The van der Waals surface area contributed by atoms with Crippen molar-refractivity contribution >= 4 is 27.5 Å². The highest BCUT2D eigenvalue weighted by atomic mass is 79.9. The fourth-order valence-electron chi connectivity index (χ4n) is 2.81. The average molecular weight is 350 g/mol. The molecule has 1 atom stereocenters. The Kier molecular flexibility index (Phi) is 5.52. The fraction of sp³-hybridized carbons (Fsp3) is 0.600. The van der Waals surface area contributed by atoms with E-state index in [1.807, 2.05) is 0 Å². The van der Waals surface area contributed by atoms with Crippen LogP contribution in [0.4, 0.5) is 4.39 Å². The molecule has 0 spiro atoms. The predicted molar refractivity (Wildman–Crippen MR) is 80.4 cm³/mol. The zero-order chi connectivity index (χ0) is 13.8. The van der Waals surface area contributed by atoms with Crippen LogP contribution in [0.3, 0.4) is 0 Å². The van der Waals surface area contributed by atoms with Crippen LogP contribution < -0.4 is 4.74 Å². The minimum Gasteiger partial charge on any atom is -0.496 e. The van der Waals surface area contributed by atoms with Gasteiger partial charge in [-0.1, -0.05) is 32.1 Å². The summed E-state index contributed by atoms with van der Waals surface area (Å²) in [5, 5.41) is -0.116. The summed E-state index contributed by atoms with van der Waals surface area (Å²) in [6.07, 6.45) is 7.41. The number of methoxy groups -OCH3 is 1. The van der Waals surface area contributed by atoms with E-state index in [0.29, 0.717) is 16.1 Å². The Morgan fingerprint density at radius 3 is 2.68 bits per heavy atom. The molecule has 0 heterocycles. The highest BCUT2D eigenvalue weighted by Crippen LogP contribution is 2.40. The second-order valence-corrected chi connectivity index (χ2v) is 6.60. The first-order valence-corrected chi connectivity index (χ1v) is 8.01. The number of alkyl halides is 1. The quantitative estimate of drug-likeness (QED) is 0.620. The van der Waals surface area contributed by atoms with Crippen molar-refractivity contribution in [2.75, 3.05) is 7.11 Å².